The lowest BCUT2D eigenvalue weighted by Crippen LogP contribution is -2.29. The van der Waals surface area contributed by atoms with E-state index in [-0.39, 0.29) is 11.3 Å². The molecule has 1 rings (SSSR count). The van der Waals surface area contributed by atoms with Crippen LogP contribution in [0.1, 0.15) is 23.7 Å². The van der Waals surface area contributed by atoms with E-state index >= 15 is 0 Å². The highest BCUT2D eigenvalue weighted by Crippen LogP contribution is 2.20. The van der Waals surface area contributed by atoms with Crippen molar-refractivity contribution in [2.45, 2.75) is 13.3 Å². The summed E-state index contributed by atoms with van der Waals surface area (Å²) in [7, 11) is 0. The summed E-state index contributed by atoms with van der Waals surface area (Å²) >= 11 is 5.69. The molecule has 0 radical (unpaired) electrons. The Morgan fingerprint density at radius 2 is 2.12 bits per heavy atom. The van der Waals surface area contributed by atoms with Crippen LogP contribution in [0.3, 0.4) is 0 Å². The second-order valence-electron chi connectivity index (χ2n) is 3.38. The highest BCUT2D eigenvalue weighted by Gasteiger charge is 2.12. The molecular formula is C11H13ClN2O3. The highest BCUT2D eigenvalue weighted by molar-refractivity contribution is 6.31. The van der Waals surface area contributed by atoms with Gasteiger partial charge in [0.1, 0.15) is 0 Å². The van der Waals surface area contributed by atoms with Gasteiger partial charge in [-0.3, -0.25) is 0 Å². The van der Waals surface area contributed by atoms with Crippen LogP contribution in [0, 0.1) is 0 Å². The van der Waals surface area contributed by atoms with Crippen LogP contribution >= 0.6 is 11.6 Å². The molecule has 0 spiro atoms. The Hall–Kier alpha value is -1.75. The van der Waals surface area contributed by atoms with Crippen molar-refractivity contribution in [1.29, 1.82) is 0 Å². The predicted molar refractivity (Wildman–Crippen MR) is 65.7 cm³/mol. The number of anilines is 1. The van der Waals surface area contributed by atoms with Crippen molar-refractivity contribution in [2.24, 2.45) is 0 Å². The van der Waals surface area contributed by atoms with E-state index in [1.54, 1.807) is 0 Å². The van der Waals surface area contributed by atoms with Crippen LogP contribution in [0.15, 0.2) is 18.2 Å². The fraction of sp³-hybridized carbons (Fsp3) is 0.273. The SMILES string of the molecule is CCCNC(=O)Nc1ccc(Cl)cc1C(=O)O. The zero-order valence-electron chi connectivity index (χ0n) is 9.29. The zero-order chi connectivity index (χ0) is 12.8. The van der Waals surface area contributed by atoms with Crippen LogP contribution in [0.25, 0.3) is 0 Å². The van der Waals surface area contributed by atoms with Gasteiger partial charge in [0.15, 0.2) is 0 Å². The summed E-state index contributed by atoms with van der Waals surface area (Å²) in [6.45, 7) is 2.45. The minimum Gasteiger partial charge on any atom is -0.478 e. The number of halogens is 1. The molecule has 0 unspecified atom stereocenters. The van der Waals surface area contributed by atoms with Gasteiger partial charge in [-0.05, 0) is 24.6 Å². The van der Waals surface area contributed by atoms with E-state index in [9.17, 15) is 9.59 Å². The third-order valence-corrected chi connectivity index (χ3v) is 2.23. The van der Waals surface area contributed by atoms with Crippen molar-refractivity contribution in [2.75, 3.05) is 11.9 Å². The molecule has 0 aromatic heterocycles. The van der Waals surface area contributed by atoms with Gasteiger partial charge < -0.3 is 15.7 Å². The zero-order valence-corrected chi connectivity index (χ0v) is 10.0. The Balaban J connectivity index is 2.83. The Kier molecular flexibility index (Phi) is 4.78. The number of nitrogens with one attached hydrogen (secondary N) is 2. The highest BCUT2D eigenvalue weighted by atomic mass is 35.5. The van der Waals surface area contributed by atoms with Gasteiger partial charge in [-0.25, -0.2) is 9.59 Å². The molecule has 0 bridgehead atoms. The fourth-order valence-electron chi connectivity index (χ4n) is 1.21. The summed E-state index contributed by atoms with van der Waals surface area (Å²) < 4.78 is 0. The minimum absolute atomic E-state index is 0.0378. The lowest BCUT2D eigenvalue weighted by Gasteiger charge is -2.09. The smallest absolute Gasteiger partial charge is 0.337 e. The molecule has 0 heterocycles. The Labute approximate surface area is 104 Å². The lowest BCUT2D eigenvalue weighted by molar-refractivity contribution is 0.0698. The Bertz CT molecular complexity index is 435. The van der Waals surface area contributed by atoms with E-state index in [0.717, 1.165) is 6.42 Å². The molecule has 0 aliphatic carbocycles. The van der Waals surface area contributed by atoms with Gasteiger partial charge in [-0.2, -0.15) is 0 Å². The average Bonchev–Trinajstić information content (AvgIpc) is 2.28. The molecule has 92 valence electrons. The van der Waals surface area contributed by atoms with Crippen LogP contribution in [-0.4, -0.2) is 23.7 Å². The summed E-state index contributed by atoms with van der Waals surface area (Å²) in [6.07, 6.45) is 0.805. The molecule has 6 heteroatoms. The summed E-state index contributed by atoms with van der Waals surface area (Å²) in [5.41, 5.74) is 0.180. The molecule has 1 aromatic rings. The second kappa shape index (κ2) is 6.10. The second-order valence-corrected chi connectivity index (χ2v) is 3.81. The first-order valence-electron chi connectivity index (χ1n) is 5.12. The quantitative estimate of drug-likeness (QED) is 0.775. The molecule has 1 aromatic carbocycles. The standard InChI is InChI=1S/C11H13ClN2O3/c1-2-5-13-11(17)14-9-4-3-7(12)6-8(9)10(15)16/h3-4,6H,2,5H2,1H3,(H,15,16)(H2,13,14,17). The molecule has 2 amide bonds. The number of carboxylic acid groups (broad SMARTS) is 1. The fourth-order valence-corrected chi connectivity index (χ4v) is 1.38. The Morgan fingerprint density at radius 3 is 2.71 bits per heavy atom. The van der Waals surface area contributed by atoms with E-state index in [1.807, 2.05) is 6.92 Å². The summed E-state index contributed by atoms with van der Waals surface area (Å²) in [5.74, 6) is -1.14. The van der Waals surface area contributed by atoms with Crippen molar-refractivity contribution < 1.29 is 14.7 Å². The van der Waals surface area contributed by atoms with Gasteiger partial charge in [-0.1, -0.05) is 18.5 Å². The topological polar surface area (TPSA) is 78.4 Å². The number of amides is 2. The van der Waals surface area contributed by atoms with Crippen molar-refractivity contribution >= 4 is 29.3 Å². The van der Waals surface area contributed by atoms with Crippen LogP contribution in [0.5, 0.6) is 0 Å². The van der Waals surface area contributed by atoms with Gasteiger partial charge >= 0.3 is 12.0 Å². The number of hydrogen-bond acceptors (Lipinski definition) is 2. The summed E-state index contributed by atoms with van der Waals surface area (Å²) in [6, 6.07) is 3.83. The van der Waals surface area contributed by atoms with Gasteiger partial charge in [0.25, 0.3) is 0 Å². The van der Waals surface area contributed by atoms with Crippen molar-refractivity contribution in [1.82, 2.24) is 5.32 Å². The van der Waals surface area contributed by atoms with E-state index in [4.69, 9.17) is 16.7 Å². The number of rotatable bonds is 4. The average molecular weight is 257 g/mol. The maximum absolute atomic E-state index is 11.4. The summed E-state index contributed by atoms with van der Waals surface area (Å²) in [5, 5.41) is 14.3. The van der Waals surface area contributed by atoms with E-state index in [0.29, 0.717) is 11.6 Å². The number of carbonyl (C=O) groups is 2. The van der Waals surface area contributed by atoms with Gasteiger partial charge in [-0.15, -0.1) is 0 Å². The first-order valence-corrected chi connectivity index (χ1v) is 5.50. The van der Waals surface area contributed by atoms with Gasteiger partial charge in [0.05, 0.1) is 11.3 Å². The lowest BCUT2D eigenvalue weighted by atomic mass is 10.2. The van der Waals surface area contributed by atoms with Crippen LogP contribution in [0.4, 0.5) is 10.5 Å². The maximum atomic E-state index is 11.4. The van der Waals surface area contributed by atoms with Crippen molar-refractivity contribution in [3.63, 3.8) is 0 Å². The first-order chi connectivity index (χ1) is 8.04. The van der Waals surface area contributed by atoms with Crippen LogP contribution < -0.4 is 10.6 Å². The van der Waals surface area contributed by atoms with E-state index < -0.39 is 12.0 Å². The predicted octanol–water partition coefficient (Wildman–Crippen LogP) is 2.57. The molecular weight excluding hydrogens is 244 g/mol. The first kappa shape index (κ1) is 13.3. The molecule has 0 aliphatic heterocycles. The summed E-state index contributed by atoms with van der Waals surface area (Å²) in [4.78, 5) is 22.3. The normalized spacial score (nSPS) is 9.76. The number of carboxylic acids is 1. The molecule has 0 fully saturated rings. The largest absolute Gasteiger partial charge is 0.478 e. The molecule has 17 heavy (non-hydrogen) atoms. The van der Waals surface area contributed by atoms with Crippen LogP contribution in [-0.2, 0) is 0 Å². The number of aromatic carboxylic acids is 1. The third kappa shape index (κ3) is 3.96. The number of benzene rings is 1. The molecule has 0 atom stereocenters. The van der Waals surface area contributed by atoms with E-state index in [2.05, 4.69) is 10.6 Å². The minimum atomic E-state index is -1.14. The van der Waals surface area contributed by atoms with Crippen LogP contribution in [0.2, 0.25) is 5.02 Å². The molecule has 0 saturated heterocycles. The third-order valence-electron chi connectivity index (χ3n) is 2.00. The number of urea groups is 1. The monoisotopic (exact) mass is 256 g/mol. The Morgan fingerprint density at radius 1 is 1.41 bits per heavy atom. The van der Waals surface area contributed by atoms with Crippen molar-refractivity contribution in [3.05, 3.63) is 28.8 Å². The van der Waals surface area contributed by atoms with Gasteiger partial charge in [0, 0.05) is 11.6 Å². The van der Waals surface area contributed by atoms with Gasteiger partial charge in [0.2, 0.25) is 0 Å². The molecule has 5 nitrogen and oxygen atoms in total. The van der Waals surface area contributed by atoms with E-state index in [1.165, 1.54) is 18.2 Å². The molecule has 3 N–H and O–H groups in total. The molecule has 0 saturated carbocycles. The number of carbonyl (C=O) groups excluding carboxylic acids is 1. The number of hydrogen-bond donors (Lipinski definition) is 3. The van der Waals surface area contributed by atoms with Crippen molar-refractivity contribution in [3.8, 4) is 0 Å². The molecule has 0 aliphatic rings. The maximum Gasteiger partial charge on any atom is 0.337 e.